The molecular weight excluding hydrogens is 253 g/mol. The standard InChI is InChI=1S/C16H20FN3/c1-3-14-8-12(11-18)9-16(19-14)20(4-2)15-7-5-6-13(17)10-15/h5-10H,3-4,11,18H2,1-2H3. The first kappa shape index (κ1) is 14.5. The van der Waals surface area contributed by atoms with Gasteiger partial charge in [-0.3, -0.25) is 0 Å². The van der Waals surface area contributed by atoms with Crippen LogP contribution in [0.3, 0.4) is 0 Å². The number of benzene rings is 1. The van der Waals surface area contributed by atoms with Crippen LogP contribution in [0.15, 0.2) is 36.4 Å². The van der Waals surface area contributed by atoms with Gasteiger partial charge in [-0.2, -0.15) is 0 Å². The van der Waals surface area contributed by atoms with Crippen LogP contribution >= 0.6 is 0 Å². The molecule has 0 aliphatic carbocycles. The topological polar surface area (TPSA) is 42.1 Å². The predicted octanol–water partition coefficient (Wildman–Crippen LogP) is 3.40. The van der Waals surface area contributed by atoms with Crippen LogP contribution in [-0.4, -0.2) is 11.5 Å². The number of nitrogens with zero attached hydrogens (tertiary/aromatic N) is 2. The Bertz CT molecular complexity index is 561. The summed E-state index contributed by atoms with van der Waals surface area (Å²) in [6, 6.07) is 10.5. The fourth-order valence-electron chi connectivity index (χ4n) is 2.19. The van der Waals surface area contributed by atoms with Crippen molar-refractivity contribution in [3.8, 4) is 0 Å². The molecule has 0 saturated heterocycles. The molecule has 0 saturated carbocycles. The van der Waals surface area contributed by atoms with Crippen LogP contribution in [0.4, 0.5) is 15.9 Å². The summed E-state index contributed by atoms with van der Waals surface area (Å²) in [6.45, 7) is 5.27. The Kier molecular flexibility index (Phi) is 4.69. The van der Waals surface area contributed by atoms with Crippen molar-refractivity contribution in [1.82, 2.24) is 4.98 Å². The maximum absolute atomic E-state index is 13.4. The zero-order valence-corrected chi connectivity index (χ0v) is 11.9. The Morgan fingerprint density at radius 2 is 2.00 bits per heavy atom. The third-order valence-electron chi connectivity index (χ3n) is 3.24. The molecule has 0 amide bonds. The monoisotopic (exact) mass is 273 g/mol. The third-order valence-corrected chi connectivity index (χ3v) is 3.24. The van der Waals surface area contributed by atoms with Crippen LogP contribution in [0.5, 0.6) is 0 Å². The summed E-state index contributed by atoms with van der Waals surface area (Å²) in [7, 11) is 0. The summed E-state index contributed by atoms with van der Waals surface area (Å²) in [6.07, 6.45) is 0.849. The van der Waals surface area contributed by atoms with Crippen molar-refractivity contribution in [2.75, 3.05) is 11.4 Å². The lowest BCUT2D eigenvalue weighted by molar-refractivity contribution is 0.627. The van der Waals surface area contributed by atoms with E-state index in [4.69, 9.17) is 5.73 Å². The highest BCUT2D eigenvalue weighted by atomic mass is 19.1. The predicted molar refractivity (Wildman–Crippen MR) is 80.6 cm³/mol. The molecule has 3 nitrogen and oxygen atoms in total. The fraction of sp³-hybridized carbons (Fsp3) is 0.312. The molecule has 0 bridgehead atoms. The molecule has 2 aromatic rings. The highest BCUT2D eigenvalue weighted by molar-refractivity contribution is 5.60. The highest BCUT2D eigenvalue weighted by Crippen LogP contribution is 2.25. The molecule has 0 atom stereocenters. The van der Waals surface area contributed by atoms with Gasteiger partial charge in [-0.15, -0.1) is 0 Å². The molecule has 1 heterocycles. The van der Waals surface area contributed by atoms with Gasteiger partial charge in [0, 0.05) is 24.5 Å². The molecule has 20 heavy (non-hydrogen) atoms. The minimum Gasteiger partial charge on any atom is -0.327 e. The summed E-state index contributed by atoms with van der Waals surface area (Å²) >= 11 is 0. The van der Waals surface area contributed by atoms with Crippen LogP contribution in [-0.2, 0) is 13.0 Å². The van der Waals surface area contributed by atoms with Crippen molar-refractivity contribution in [3.63, 3.8) is 0 Å². The van der Waals surface area contributed by atoms with Gasteiger partial charge in [-0.1, -0.05) is 13.0 Å². The van der Waals surface area contributed by atoms with E-state index in [1.165, 1.54) is 12.1 Å². The molecule has 0 aliphatic rings. The van der Waals surface area contributed by atoms with Crippen LogP contribution in [0.1, 0.15) is 25.1 Å². The Hall–Kier alpha value is -1.94. The second-order valence-corrected chi connectivity index (χ2v) is 4.61. The quantitative estimate of drug-likeness (QED) is 0.908. The lowest BCUT2D eigenvalue weighted by Crippen LogP contribution is -2.18. The zero-order chi connectivity index (χ0) is 14.5. The molecular formula is C16H20FN3. The zero-order valence-electron chi connectivity index (χ0n) is 11.9. The third kappa shape index (κ3) is 3.14. The Labute approximate surface area is 119 Å². The van der Waals surface area contributed by atoms with E-state index in [0.717, 1.165) is 29.2 Å². The molecule has 4 heteroatoms. The number of halogens is 1. The van der Waals surface area contributed by atoms with Gasteiger partial charge in [0.05, 0.1) is 0 Å². The van der Waals surface area contributed by atoms with Gasteiger partial charge in [0.15, 0.2) is 0 Å². The van der Waals surface area contributed by atoms with Gasteiger partial charge in [0.1, 0.15) is 11.6 Å². The van der Waals surface area contributed by atoms with Gasteiger partial charge in [-0.25, -0.2) is 9.37 Å². The molecule has 0 aliphatic heterocycles. The number of nitrogens with two attached hydrogens (primary N) is 1. The second-order valence-electron chi connectivity index (χ2n) is 4.61. The normalized spacial score (nSPS) is 10.6. The molecule has 0 fully saturated rings. The summed E-state index contributed by atoms with van der Waals surface area (Å²) in [5.74, 6) is 0.574. The Morgan fingerprint density at radius 1 is 1.20 bits per heavy atom. The van der Waals surface area contributed by atoms with Crippen LogP contribution in [0.25, 0.3) is 0 Å². The van der Waals surface area contributed by atoms with Crippen molar-refractivity contribution in [2.24, 2.45) is 5.73 Å². The van der Waals surface area contributed by atoms with Gasteiger partial charge < -0.3 is 10.6 Å². The number of anilines is 2. The fourth-order valence-corrected chi connectivity index (χ4v) is 2.19. The molecule has 1 aromatic carbocycles. The van der Waals surface area contributed by atoms with Crippen LogP contribution in [0, 0.1) is 5.82 Å². The van der Waals surface area contributed by atoms with E-state index < -0.39 is 0 Å². The van der Waals surface area contributed by atoms with E-state index >= 15 is 0 Å². The van der Waals surface area contributed by atoms with E-state index in [0.29, 0.717) is 13.1 Å². The van der Waals surface area contributed by atoms with Crippen molar-refractivity contribution in [2.45, 2.75) is 26.8 Å². The Balaban J connectivity index is 2.45. The number of aromatic nitrogens is 1. The van der Waals surface area contributed by atoms with Crippen LogP contribution in [0.2, 0.25) is 0 Å². The molecule has 0 radical (unpaired) electrons. The van der Waals surface area contributed by atoms with Gasteiger partial charge >= 0.3 is 0 Å². The molecule has 106 valence electrons. The maximum Gasteiger partial charge on any atom is 0.133 e. The smallest absolute Gasteiger partial charge is 0.133 e. The van der Waals surface area contributed by atoms with Crippen molar-refractivity contribution >= 4 is 11.5 Å². The first-order chi connectivity index (χ1) is 9.67. The summed E-state index contributed by atoms with van der Waals surface area (Å²) in [5, 5.41) is 0. The van der Waals surface area contributed by atoms with Gasteiger partial charge in [0.25, 0.3) is 0 Å². The lowest BCUT2D eigenvalue weighted by Gasteiger charge is -2.23. The molecule has 2 N–H and O–H groups in total. The molecule has 1 aromatic heterocycles. The molecule has 2 rings (SSSR count). The van der Waals surface area contributed by atoms with Crippen LogP contribution < -0.4 is 10.6 Å². The summed E-state index contributed by atoms with van der Waals surface area (Å²) < 4.78 is 13.4. The second kappa shape index (κ2) is 6.48. The average molecular weight is 273 g/mol. The minimum atomic E-state index is -0.244. The number of hydrogen-bond donors (Lipinski definition) is 1. The number of hydrogen-bond acceptors (Lipinski definition) is 3. The van der Waals surface area contributed by atoms with Crippen molar-refractivity contribution in [1.29, 1.82) is 0 Å². The maximum atomic E-state index is 13.4. The van der Waals surface area contributed by atoms with E-state index in [1.807, 2.05) is 30.0 Å². The van der Waals surface area contributed by atoms with Crippen molar-refractivity contribution in [3.05, 3.63) is 53.5 Å². The average Bonchev–Trinajstić information content (AvgIpc) is 2.47. The Morgan fingerprint density at radius 3 is 2.60 bits per heavy atom. The minimum absolute atomic E-state index is 0.244. The molecule has 0 spiro atoms. The lowest BCUT2D eigenvalue weighted by atomic mass is 10.2. The summed E-state index contributed by atoms with van der Waals surface area (Å²) in [4.78, 5) is 6.61. The number of aryl methyl sites for hydroxylation is 1. The molecule has 0 unspecified atom stereocenters. The number of pyridine rings is 1. The first-order valence-electron chi connectivity index (χ1n) is 6.91. The highest BCUT2D eigenvalue weighted by Gasteiger charge is 2.11. The van der Waals surface area contributed by atoms with Gasteiger partial charge in [-0.05, 0) is 49.2 Å². The van der Waals surface area contributed by atoms with Gasteiger partial charge in [0.2, 0.25) is 0 Å². The van der Waals surface area contributed by atoms with E-state index in [2.05, 4.69) is 11.9 Å². The first-order valence-corrected chi connectivity index (χ1v) is 6.91. The van der Waals surface area contributed by atoms with E-state index in [9.17, 15) is 4.39 Å². The van der Waals surface area contributed by atoms with Crippen molar-refractivity contribution < 1.29 is 4.39 Å². The SMILES string of the molecule is CCc1cc(CN)cc(N(CC)c2cccc(F)c2)n1. The van der Waals surface area contributed by atoms with E-state index in [1.54, 1.807) is 6.07 Å². The van der Waals surface area contributed by atoms with E-state index in [-0.39, 0.29) is 5.82 Å². The summed E-state index contributed by atoms with van der Waals surface area (Å²) in [5.41, 5.74) is 8.58. The number of rotatable bonds is 5. The largest absolute Gasteiger partial charge is 0.327 e.